The van der Waals surface area contributed by atoms with Gasteiger partial charge in [0, 0.05) is 0 Å². The van der Waals surface area contributed by atoms with Gasteiger partial charge >= 0.3 is 12.0 Å². The molecule has 2 rings (SSSR count). The minimum atomic E-state index is -0.657. The van der Waals surface area contributed by atoms with Crippen LogP contribution in [0.1, 0.15) is 58.4 Å². The van der Waals surface area contributed by atoms with E-state index in [0.29, 0.717) is 17.2 Å². The molecule has 8 heteroatoms. The van der Waals surface area contributed by atoms with Gasteiger partial charge in [0.25, 0.3) is 5.91 Å². The van der Waals surface area contributed by atoms with Gasteiger partial charge in [0.1, 0.15) is 5.75 Å². The molecule has 0 aromatic heterocycles. The van der Waals surface area contributed by atoms with E-state index >= 15 is 0 Å². The lowest BCUT2D eigenvalue weighted by atomic mass is 9.89. The standard InChI is InChI=1S/C12H12N2O4.C11H22O2/c1-17-8-6-4-3-5-7(8)10(18-2)9-11(15)14-12(16)13-9;1-4-6-7-10(5-2)8-9(3)11(12)13/h3-6H,1-2H3,(H2,13,14,15,16);9-10H,4-8H2,1-3H3,(H,12,13). The number of amides is 3. The van der Waals surface area contributed by atoms with E-state index in [1.165, 1.54) is 33.5 Å². The molecular weight excluding hydrogens is 400 g/mol. The number of benzene rings is 1. The Morgan fingerprint density at radius 1 is 1.13 bits per heavy atom. The van der Waals surface area contributed by atoms with E-state index in [0.717, 1.165) is 12.8 Å². The number of carboxylic acids is 1. The number of ether oxygens (including phenoxy) is 2. The van der Waals surface area contributed by atoms with Crippen molar-refractivity contribution in [3.63, 3.8) is 0 Å². The Morgan fingerprint density at radius 3 is 2.29 bits per heavy atom. The first kappa shape index (κ1) is 26.0. The third-order valence-corrected chi connectivity index (χ3v) is 5.13. The maximum absolute atomic E-state index is 11.6. The number of hydrogen-bond donors (Lipinski definition) is 3. The summed E-state index contributed by atoms with van der Waals surface area (Å²) in [6.07, 6.45) is 5.57. The van der Waals surface area contributed by atoms with E-state index in [2.05, 4.69) is 24.5 Å². The number of carbonyl (C=O) groups excluding carboxylic acids is 2. The van der Waals surface area contributed by atoms with Crippen molar-refractivity contribution in [2.45, 2.75) is 52.9 Å². The topological polar surface area (TPSA) is 114 Å². The molecule has 1 saturated heterocycles. The minimum absolute atomic E-state index is 0.0759. The Hall–Kier alpha value is -3.03. The first-order valence-electron chi connectivity index (χ1n) is 10.6. The van der Waals surface area contributed by atoms with Crippen molar-refractivity contribution < 1.29 is 29.0 Å². The van der Waals surface area contributed by atoms with Crippen molar-refractivity contribution in [1.82, 2.24) is 10.6 Å². The summed E-state index contributed by atoms with van der Waals surface area (Å²) in [5.41, 5.74) is 0.668. The summed E-state index contributed by atoms with van der Waals surface area (Å²) in [6, 6.07) is 6.49. The number of carboxylic acid groups (broad SMARTS) is 1. The van der Waals surface area contributed by atoms with Crippen molar-refractivity contribution in [3.05, 3.63) is 35.5 Å². The van der Waals surface area contributed by atoms with Crippen LogP contribution in [0.15, 0.2) is 30.0 Å². The highest BCUT2D eigenvalue weighted by Crippen LogP contribution is 2.28. The fourth-order valence-electron chi connectivity index (χ4n) is 3.29. The van der Waals surface area contributed by atoms with Gasteiger partial charge in [-0.2, -0.15) is 0 Å². The molecule has 1 heterocycles. The zero-order chi connectivity index (χ0) is 23.4. The summed E-state index contributed by atoms with van der Waals surface area (Å²) in [6.45, 7) is 6.12. The zero-order valence-electron chi connectivity index (χ0n) is 19.0. The van der Waals surface area contributed by atoms with E-state index in [-0.39, 0.29) is 17.4 Å². The Bertz CT molecular complexity index is 790. The SMILES string of the molecule is CCCCC(CC)CC(C)C(=O)O.COC(=C1NC(=O)NC1=O)c1ccccc1OC. The number of imide groups is 1. The summed E-state index contributed by atoms with van der Waals surface area (Å²) in [4.78, 5) is 33.3. The predicted molar refractivity (Wildman–Crippen MR) is 118 cm³/mol. The van der Waals surface area contributed by atoms with Crippen molar-refractivity contribution in [2.75, 3.05) is 14.2 Å². The predicted octanol–water partition coefficient (Wildman–Crippen LogP) is 4.16. The second-order valence-electron chi connectivity index (χ2n) is 7.41. The molecule has 0 aliphatic carbocycles. The number of nitrogens with one attached hydrogen (secondary N) is 2. The Kier molecular flexibility index (Phi) is 11.2. The first-order chi connectivity index (χ1) is 14.8. The second-order valence-corrected chi connectivity index (χ2v) is 7.41. The zero-order valence-corrected chi connectivity index (χ0v) is 19.0. The monoisotopic (exact) mass is 434 g/mol. The van der Waals surface area contributed by atoms with E-state index in [1.807, 2.05) is 0 Å². The van der Waals surface area contributed by atoms with Crippen LogP contribution >= 0.6 is 0 Å². The van der Waals surface area contributed by atoms with Crippen molar-refractivity contribution >= 4 is 23.7 Å². The summed E-state index contributed by atoms with van der Waals surface area (Å²) in [7, 11) is 2.94. The van der Waals surface area contributed by atoms with Crippen molar-refractivity contribution in [1.29, 1.82) is 0 Å². The van der Waals surface area contributed by atoms with Crippen LogP contribution in [0.4, 0.5) is 4.79 Å². The molecule has 1 aromatic carbocycles. The average Bonchev–Trinajstić information content (AvgIpc) is 3.09. The summed E-state index contributed by atoms with van der Waals surface area (Å²) in [5.74, 6) is 0.0529. The van der Waals surface area contributed by atoms with E-state index in [4.69, 9.17) is 14.6 Å². The number of urea groups is 1. The minimum Gasteiger partial charge on any atom is -0.496 e. The number of hydrogen-bond acceptors (Lipinski definition) is 5. The van der Waals surface area contributed by atoms with Gasteiger partial charge in [-0.3, -0.25) is 20.2 Å². The van der Waals surface area contributed by atoms with Crippen LogP contribution in [0.2, 0.25) is 0 Å². The molecule has 2 atom stereocenters. The van der Waals surface area contributed by atoms with Gasteiger partial charge in [-0.05, 0) is 24.5 Å². The second kappa shape index (κ2) is 13.3. The fourth-order valence-corrected chi connectivity index (χ4v) is 3.29. The lowest BCUT2D eigenvalue weighted by Gasteiger charge is -2.16. The van der Waals surface area contributed by atoms with Crippen LogP contribution in [0, 0.1) is 11.8 Å². The van der Waals surface area contributed by atoms with Crippen molar-refractivity contribution in [3.8, 4) is 5.75 Å². The van der Waals surface area contributed by atoms with Crippen LogP contribution in [0.3, 0.4) is 0 Å². The number of unbranched alkanes of at least 4 members (excludes halogenated alkanes) is 1. The molecule has 8 nitrogen and oxygen atoms in total. The molecule has 31 heavy (non-hydrogen) atoms. The maximum Gasteiger partial charge on any atom is 0.326 e. The van der Waals surface area contributed by atoms with Gasteiger partial charge in [0.05, 0.1) is 25.7 Å². The summed E-state index contributed by atoms with van der Waals surface area (Å²) < 4.78 is 10.4. The van der Waals surface area contributed by atoms with Gasteiger partial charge < -0.3 is 14.6 Å². The first-order valence-corrected chi connectivity index (χ1v) is 10.6. The third kappa shape index (κ3) is 7.96. The highest BCUT2D eigenvalue weighted by Gasteiger charge is 2.29. The van der Waals surface area contributed by atoms with Gasteiger partial charge in [-0.15, -0.1) is 0 Å². The molecular formula is C23H34N2O6. The molecule has 3 N–H and O–H groups in total. The largest absolute Gasteiger partial charge is 0.496 e. The molecule has 1 aromatic rings. The molecule has 1 aliphatic heterocycles. The van der Waals surface area contributed by atoms with Crippen LogP contribution in [-0.4, -0.2) is 37.2 Å². The number of para-hydroxylation sites is 1. The summed E-state index contributed by atoms with van der Waals surface area (Å²) in [5, 5.41) is 13.3. The lowest BCUT2D eigenvalue weighted by Crippen LogP contribution is -2.22. The highest BCUT2D eigenvalue weighted by atomic mass is 16.5. The van der Waals surface area contributed by atoms with Gasteiger partial charge in [0.2, 0.25) is 0 Å². The van der Waals surface area contributed by atoms with Crippen molar-refractivity contribution in [2.24, 2.45) is 11.8 Å². The van der Waals surface area contributed by atoms with E-state index in [9.17, 15) is 14.4 Å². The average molecular weight is 435 g/mol. The number of aliphatic carboxylic acids is 1. The summed E-state index contributed by atoms with van der Waals surface area (Å²) >= 11 is 0. The fraction of sp³-hybridized carbons (Fsp3) is 0.522. The van der Waals surface area contributed by atoms with Crippen LogP contribution in [-0.2, 0) is 14.3 Å². The molecule has 1 fully saturated rings. The molecule has 0 spiro atoms. The molecule has 0 saturated carbocycles. The quantitative estimate of drug-likeness (QED) is 0.289. The third-order valence-electron chi connectivity index (χ3n) is 5.13. The Morgan fingerprint density at radius 2 is 1.81 bits per heavy atom. The Balaban J connectivity index is 0.000000330. The molecule has 3 amide bonds. The van der Waals surface area contributed by atoms with E-state index < -0.39 is 17.9 Å². The highest BCUT2D eigenvalue weighted by molar-refractivity contribution is 6.15. The van der Waals surface area contributed by atoms with Crippen LogP contribution in [0.25, 0.3) is 5.76 Å². The Labute approximate surface area is 184 Å². The molecule has 1 aliphatic rings. The lowest BCUT2D eigenvalue weighted by molar-refractivity contribution is -0.141. The van der Waals surface area contributed by atoms with E-state index in [1.54, 1.807) is 31.2 Å². The number of rotatable bonds is 10. The number of carbonyl (C=O) groups is 3. The van der Waals surface area contributed by atoms with Gasteiger partial charge in [-0.1, -0.05) is 58.6 Å². The van der Waals surface area contributed by atoms with Crippen LogP contribution in [0.5, 0.6) is 5.75 Å². The maximum atomic E-state index is 11.6. The number of methoxy groups -OCH3 is 2. The molecule has 172 valence electrons. The van der Waals surface area contributed by atoms with Gasteiger partial charge in [0.15, 0.2) is 11.5 Å². The molecule has 2 unspecified atom stereocenters. The molecule has 0 radical (unpaired) electrons. The van der Waals surface area contributed by atoms with Crippen LogP contribution < -0.4 is 15.4 Å². The van der Waals surface area contributed by atoms with Gasteiger partial charge in [-0.25, -0.2) is 4.79 Å². The smallest absolute Gasteiger partial charge is 0.326 e. The normalized spacial score (nSPS) is 16.3. The molecule has 0 bridgehead atoms.